The van der Waals surface area contributed by atoms with Gasteiger partial charge >= 0.3 is 11.8 Å². The van der Waals surface area contributed by atoms with Crippen molar-refractivity contribution in [2.24, 2.45) is 17.3 Å². The summed E-state index contributed by atoms with van der Waals surface area (Å²) in [5.74, 6) is 0.389. The molecule has 2 aliphatic rings. The first-order valence-corrected chi connectivity index (χ1v) is 11.7. The van der Waals surface area contributed by atoms with Crippen LogP contribution in [0.25, 0.3) is 0 Å². The van der Waals surface area contributed by atoms with Crippen molar-refractivity contribution >= 4 is 11.8 Å². The third kappa shape index (κ3) is 4.43. The fraction of sp³-hybridized carbons (Fsp3) is 0.692. The molecule has 1 aromatic carbocycles. The molecule has 1 atom stereocenters. The highest BCUT2D eigenvalue weighted by Crippen LogP contribution is 2.47. The van der Waals surface area contributed by atoms with Crippen molar-refractivity contribution < 1.29 is 9.59 Å². The average Bonchev–Trinajstić information content (AvgIpc) is 2.88. The number of hydrogen-bond acceptors (Lipinski definition) is 2. The molecule has 1 spiro atoms. The first-order valence-electron chi connectivity index (χ1n) is 11.7. The molecule has 4 heteroatoms. The third-order valence-electron chi connectivity index (χ3n) is 7.50. The number of carbonyl (C=O) groups is 2. The van der Waals surface area contributed by atoms with Gasteiger partial charge in [-0.2, -0.15) is 0 Å². The van der Waals surface area contributed by atoms with E-state index in [1.807, 2.05) is 4.90 Å². The van der Waals surface area contributed by atoms with E-state index < -0.39 is 11.6 Å². The van der Waals surface area contributed by atoms with E-state index in [0.29, 0.717) is 11.8 Å². The van der Waals surface area contributed by atoms with Gasteiger partial charge in [0, 0.05) is 0 Å². The Hall–Kier alpha value is -1.84. The van der Waals surface area contributed by atoms with Gasteiger partial charge in [0.2, 0.25) is 0 Å². The molecule has 1 unspecified atom stereocenters. The maximum absolute atomic E-state index is 13.2. The van der Waals surface area contributed by atoms with Crippen molar-refractivity contribution in [3.8, 4) is 0 Å². The van der Waals surface area contributed by atoms with Crippen LogP contribution in [0, 0.1) is 31.1 Å². The molecule has 2 fully saturated rings. The minimum absolute atomic E-state index is 0.0654. The Kier molecular flexibility index (Phi) is 6.36. The van der Waals surface area contributed by atoms with E-state index >= 15 is 0 Å². The van der Waals surface area contributed by atoms with Gasteiger partial charge in [-0.15, -0.1) is 0 Å². The first kappa shape index (κ1) is 22.8. The van der Waals surface area contributed by atoms with E-state index in [-0.39, 0.29) is 17.4 Å². The van der Waals surface area contributed by atoms with Gasteiger partial charge in [0.1, 0.15) is 5.66 Å². The van der Waals surface area contributed by atoms with Crippen molar-refractivity contribution in [3.05, 3.63) is 34.9 Å². The highest BCUT2D eigenvalue weighted by Gasteiger charge is 2.54. The Balaban J connectivity index is 1.97. The van der Waals surface area contributed by atoms with Crippen molar-refractivity contribution in [3.63, 3.8) is 0 Å². The van der Waals surface area contributed by atoms with E-state index in [4.69, 9.17) is 0 Å². The largest absolute Gasteiger partial charge is 0.325 e. The number of nitrogens with one attached hydrogen (secondary N) is 1. The van der Waals surface area contributed by atoms with Crippen LogP contribution in [0.3, 0.4) is 0 Å². The summed E-state index contributed by atoms with van der Waals surface area (Å²) in [5, 5.41) is 3.14. The van der Waals surface area contributed by atoms with Gasteiger partial charge in [-0.3, -0.25) is 9.59 Å². The molecular formula is C26H40N2O2. The first-order chi connectivity index (χ1) is 13.9. The number of nitrogens with zero attached hydrogens (tertiary/aromatic N) is 1. The van der Waals surface area contributed by atoms with Crippen LogP contribution in [-0.2, 0) is 9.59 Å². The zero-order valence-corrected chi connectivity index (χ0v) is 20.0. The van der Waals surface area contributed by atoms with Crippen molar-refractivity contribution in [2.45, 2.75) is 98.7 Å². The molecule has 166 valence electrons. The third-order valence-corrected chi connectivity index (χ3v) is 7.50. The molecule has 4 nitrogen and oxygen atoms in total. The van der Waals surface area contributed by atoms with Crippen molar-refractivity contribution in [2.75, 3.05) is 0 Å². The highest BCUT2D eigenvalue weighted by atomic mass is 16.2. The van der Waals surface area contributed by atoms with E-state index in [1.165, 1.54) is 11.1 Å². The van der Waals surface area contributed by atoms with Gasteiger partial charge < -0.3 is 10.2 Å². The molecule has 1 saturated carbocycles. The number of benzene rings is 1. The molecule has 0 radical (unpaired) electrons. The minimum atomic E-state index is -0.531. The predicted molar refractivity (Wildman–Crippen MR) is 122 cm³/mol. The number of rotatable bonds is 5. The SMILES string of the molecule is Cc1ccc(C(CCC(C)C)N2C(=O)C(=O)NC23CCC(C(C)(C)C)CC3)cc1C. The van der Waals surface area contributed by atoms with Crippen molar-refractivity contribution in [1.29, 1.82) is 0 Å². The van der Waals surface area contributed by atoms with Crippen molar-refractivity contribution in [1.82, 2.24) is 10.2 Å². The maximum Gasteiger partial charge on any atom is 0.314 e. The van der Waals surface area contributed by atoms with Gasteiger partial charge in [0.15, 0.2) is 0 Å². The van der Waals surface area contributed by atoms with Crippen LogP contribution in [-0.4, -0.2) is 22.4 Å². The molecule has 1 aliphatic heterocycles. The Labute approximate surface area is 182 Å². The van der Waals surface area contributed by atoms with Gasteiger partial charge in [-0.25, -0.2) is 0 Å². The molecule has 1 saturated heterocycles. The Morgan fingerprint density at radius 2 is 1.70 bits per heavy atom. The van der Waals surface area contributed by atoms with E-state index in [1.54, 1.807) is 0 Å². The van der Waals surface area contributed by atoms with Crippen LogP contribution in [0.5, 0.6) is 0 Å². The molecule has 1 aromatic rings. The molecule has 3 rings (SSSR count). The lowest BCUT2D eigenvalue weighted by Gasteiger charge is -2.48. The summed E-state index contributed by atoms with van der Waals surface area (Å²) in [6.45, 7) is 15.6. The van der Waals surface area contributed by atoms with E-state index in [2.05, 4.69) is 72.0 Å². The number of aryl methyl sites for hydroxylation is 2. The monoisotopic (exact) mass is 412 g/mol. The zero-order valence-electron chi connectivity index (χ0n) is 20.0. The van der Waals surface area contributed by atoms with Crippen LogP contribution in [0.2, 0.25) is 0 Å². The molecule has 1 heterocycles. The lowest BCUT2D eigenvalue weighted by atomic mass is 9.69. The van der Waals surface area contributed by atoms with Crippen LogP contribution >= 0.6 is 0 Å². The Morgan fingerprint density at radius 3 is 2.23 bits per heavy atom. The molecule has 1 N–H and O–H groups in total. The number of amides is 2. The summed E-state index contributed by atoms with van der Waals surface area (Å²) < 4.78 is 0. The predicted octanol–water partition coefficient (Wildman–Crippen LogP) is 5.67. The topological polar surface area (TPSA) is 49.4 Å². The lowest BCUT2D eigenvalue weighted by Crippen LogP contribution is -2.56. The number of hydrogen-bond donors (Lipinski definition) is 1. The van der Waals surface area contributed by atoms with Gasteiger partial charge in [-0.05, 0) is 86.3 Å². The molecule has 2 amide bonds. The van der Waals surface area contributed by atoms with Crippen LogP contribution in [0.4, 0.5) is 0 Å². The van der Waals surface area contributed by atoms with E-state index in [9.17, 15) is 9.59 Å². The molecule has 0 bridgehead atoms. The lowest BCUT2D eigenvalue weighted by molar-refractivity contribution is -0.144. The summed E-state index contributed by atoms with van der Waals surface area (Å²) in [6, 6.07) is 6.44. The van der Waals surface area contributed by atoms with Crippen LogP contribution in [0.15, 0.2) is 18.2 Å². The average molecular weight is 413 g/mol. The fourth-order valence-electron chi connectivity index (χ4n) is 5.30. The summed E-state index contributed by atoms with van der Waals surface area (Å²) in [6.07, 6.45) is 5.67. The summed E-state index contributed by atoms with van der Waals surface area (Å²) in [7, 11) is 0. The number of carbonyl (C=O) groups excluding carboxylic acids is 2. The second kappa shape index (κ2) is 8.36. The van der Waals surface area contributed by atoms with Crippen LogP contribution in [0.1, 0.15) is 95.9 Å². The van der Waals surface area contributed by atoms with Gasteiger partial charge in [-0.1, -0.05) is 52.8 Å². The van der Waals surface area contributed by atoms with Gasteiger partial charge in [0.05, 0.1) is 6.04 Å². The quantitative estimate of drug-likeness (QED) is 0.633. The normalized spacial score (nSPS) is 25.9. The second-order valence-corrected chi connectivity index (χ2v) is 11.1. The summed E-state index contributed by atoms with van der Waals surface area (Å²) in [5.41, 5.74) is 3.36. The maximum atomic E-state index is 13.2. The smallest absolute Gasteiger partial charge is 0.314 e. The second-order valence-electron chi connectivity index (χ2n) is 11.1. The molecule has 1 aliphatic carbocycles. The Morgan fingerprint density at radius 1 is 1.07 bits per heavy atom. The van der Waals surface area contributed by atoms with E-state index in [0.717, 1.165) is 44.1 Å². The summed E-state index contributed by atoms with van der Waals surface area (Å²) in [4.78, 5) is 27.8. The zero-order chi connectivity index (χ0) is 22.3. The minimum Gasteiger partial charge on any atom is -0.325 e. The molecule has 0 aromatic heterocycles. The fourth-order valence-corrected chi connectivity index (χ4v) is 5.30. The Bertz CT molecular complexity index is 798. The molecule has 30 heavy (non-hydrogen) atoms. The van der Waals surface area contributed by atoms with Gasteiger partial charge in [0.25, 0.3) is 0 Å². The molecular weight excluding hydrogens is 372 g/mol. The highest BCUT2D eigenvalue weighted by molar-refractivity contribution is 6.37. The standard InChI is InChI=1S/C26H40N2O2/c1-17(2)8-11-22(20-10-9-18(3)19(4)16-20)28-24(30)23(29)27-26(28)14-12-21(13-15-26)25(5,6)7/h9-10,16-17,21-22H,8,11-15H2,1-7H3,(H,27,29). The summed E-state index contributed by atoms with van der Waals surface area (Å²) >= 11 is 0. The van der Waals surface area contributed by atoms with Crippen LogP contribution < -0.4 is 5.32 Å².